The van der Waals surface area contributed by atoms with Crippen LogP contribution in [-0.2, 0) is 4.79 Å². The Morgan fingerprint density at radius 2 is 2.07 bits per heavy atom. The number of benzene rings is 1. The van der Waals surface area contributed by atoms with Crippen molar-refractivity contribution >= 4 is 12.3 Å². The van der Waals surface area contributed by atoms with E-state index in [1.165, 1.54) is 0 Å². The molecule has 0 N–H and O–H groups in total. The van der Waals surface area contributed by atoms with Crippen molar-refractivity contribution < 1.29 is 14.3 Å². The Hall–Kier alpha value is -2.08. The number of hydrogen-bond donors (Lipinski definition) is 0. The lowest BCUT2D eigenvalue weighted by Gasteiger charge is -2.02. The van der Waals surface area contributed by atoms with Crippen LogP contribution in [-0.4, -0.2) is 12.3 Å². The highest BCUT2D eigenvalue weighted by Crippen LogP contribution is 2.11. The molecule has 0 amide bonds. The van der Waals surface area contributed by atoms with Crippen molar-refractivity contribution in [3.8, 4) is 18.1 Å². The van der Waals surface area contributed by atoms with Crippen molar-refractivity contribution in [1.29, 1.82) is 0 Å². The molecular formula is C12H10O3. The summed E-state index contributed by atoms with van der Waals surface area (Å²) in [5.74, 6) is 2.41. The first kappa shape index (κ1) is 11.0. The van der Waals surface area contributed by atoms with E-state index in [9.17, 15) is 9.59 Å². The third-order valence-corrected chi connectivity index (χ3v) is 1.72. The van der Waals surface area contributed by atoms with Crippen molar-refractivity contribution in [3.63, 3.8) is 0 Å². The first-order valence-corrected chi connectivity index (χ1v) is 4.45. The Labute approximate surface area is 88.1 Å². The molecule has 1 aromatic carbocycles. The Bertz CT molecular complexity index is 384. The average Bonchev–Trinajstić information content (AvgIpc) is 2.27. The van der Waals surface area contributed by atoms with Gasteiger partial charge in [-0.3, -0.25) is 9.59 Å². The molecule has 0 unspecified atom stereocenters. The summed E-state index contributed by atoms with van der Waals surface area (Å²) in [4.78, 5) is 21.5. The second kappa shape index (κ2) is 5.61. The van der Waals surface area contributed by atoms with E-state index >= 15 is 0 Å². The topological polar surface area (TPSA) is 43.4 Å². The standard InChI is InChI=1S/C12H10O3/c1-2-3-4-12(14)15-11-7-5-10(9-13)6-8-11/h1,5-9H,3-4H2. The summed E-state index contributed by atoms with van der Waals surface area (Å²) in [6.45, 7) is 0. The molecule has 0 aliphatic rings. The molecule has 1 rings (SSSR count). The van der Waals surface area contributed by atoms with Crippen LogP contribution in [0.1, 0.15) is 23.2 Å². The van der Waals surface area contributed by atoms with Gasteiger partial charge in [-0.1, -0.05) is 0 Å². The van der Waals surface area contributed by atoms with Gasteiger partial charge in [0.05, 0.1) is 6.42 Å². The van der Waals surface area contributed by atoms with Gasteiger partial charge in [0.1, 0.15) is 12.0 Å². The molecule has 3 heteroatoms. The van der Waals surface area contributed by atoms with Crippen LogP contribution in [0.5, 0.6) is 5.75 Å². The van der Waals surface area contributed by atoms with E-state index < -0.39 is 0 Å². The lowest BCUT2D eigenvalue weighted by molar-refractivity contribution is -0.134. The quantitative estimate of drug-likeness (QED) is 0.324. The molecule has 1 aromatic rings. The van der Waals surface area contributed by atoms with Crippen molar-refractivity contribution in [2.45, 2.75) is 12.8 Å². The number of rotatable bonds is 4. The van der Waals surface area contributed by atoms with Gasteiger partial charge in [-0.05, 0) is 24.3 Å². The number of terminal acetylenes is 1. The molecule has 15 heavy (non-hydrogen) atoms. The van der Waals surface area contributed by atoms with Gasteiger partial charge in [-0.2, -0.15) is 0 Å². The third kappa shape index (κ3) is 3.65. The number of ether oxygens (including phenoxy) is 1. The second-order valence-electron chi connectivity index (χ2n) is 2.87. The van der Waals surface area contributed by atoms with E-state index in [0.717, 1.165) is 6.29 Å². The molecule has 0 saturated carbocycles. The maximum atomic E-state index is 11.1. The smallest absolute Gasteiger partial charge is 0.312 e. The molecule has 0 radical (unpaired) electrons. The lowest BCUT2D eigenvalue weighted by atomic mass is 10.2. The molecular weight excluding hydrogens is 192 g/mol. The van der Waals surface area contributed by atoms with Gasteiger partial charge in [0.15, 0.2) is 0 Å². The van der Waals surface area contributed by atoms with Crippen LogP contribution in [0.4, 0.5) is 0 Å². The van der Waals surface area contributed by atoms with E-state index in [4.69, 9.17) is 11.2 Å². The highest BCUT2D eigenvalue weighted by molar-refractivity contribution is 5.76. The lowest BCUT2D eigenvalue weighted by Crippen LogP contribution is -2.06. The van der Waals surface area contributed by atoms with Crippen LogP contribution in [0.15, 0.2) is 24.3 Å². The number of hydrogen-bond acceptors (Lipinski definition) is 3. The first-order chi connectivity index (χ1) is 7.26. The van der Waals surface area contributed by atoms with Gasteiger partial charge in [0, 0.05) is 12.0 Å². The predicted molar refractivity (Wildman–Crippen MR) is 55.5 cm³/mol. The summed E-state index contributed by atoms with van der Waals surface area (Å²) in [5, 5.41) is 0. The zero-order chi connectivity index (χ0) is 11.1. The van der Waals surface area contributed by atoms with Crippen LogP contribution in [0.2, 0.25) is 0 Å². The minimum Gasteiger partial charge on any atom is -0.427 e. The van der Waals surface area contributed by atoms with E-state index in [1.807, 2.05) is 0 Å². The number of carbonyl (C=O) groups is 2. The Morgan fingerprint density at radius 3 is 2.60 bits per heavy atom. The van der Waals surface area contributed by atoms with E-state index in [-0.39, 0.29) is 12.4 Å². The normalized spacial score (nSPS) is 9.00. The first-order valence-electron chi connectivity index (χ1n) is 4.45. The van der Waals surface area contributed by atoms with Gasteiger partial charge in [-0.15, -0.1) is 12.3 Å². The van der Waals surface area contributed by atoms with Crippen LogP contribution in [0, 0.1) is 12.3 Å². The SMILES string of the molecule is C#CCCC(=O)Oc1ccc(C=O)cc1. The fourth-order valence-electron chi connectivity index (χ4n) is 0.971. The molecule has 0 aliphatic heterocycles. The van der Waals surface area contributed by atoms with Gasteiger partial charge < -0.3 is 4.74 Å². The van der Waals surface area contributed by atoms with E-state index in [2.05, 4.69) is 5.92 Å². The minimum absolute atomic E-state index is 0.200. The van der Waals surface area contributed by atoms with Crippen molar-refractivity contribution in [3.05, 3.63) is 29.8 Å². The third-order valence-electron chi connectivity index (χ3n) is 1.72. The van der Waals surface area contributed by atoms with E-state index in [0.29, 0.717) is 17.7 Å². The zero-order valence-corrected chi connectivity index (χ0v) is 8.10. The zero-order valence-electron chi connectivity index (χ0n) is 8.10. The van der Waals surface area contributed by atoms with Gasteiger partial charge >= 0.3 is 5.97 Å². The van der Waals surface area contributed by atoms with Gasteiger partial charge in [-0.25, -0.2) is 0 Å². The maximum absolute atomic E-state index is 11.1. The second-order valence-corrected chi connectivity index (χ2v) is 2.87. The molecule has 3 nitrogen and oxygen atoms in total. The number of aldehydes is 1. The van der Waals surface area contributed by atoms with Crippen molar-refractivity contribution in [2.75, 3.05) is 0 Å². The molecule has 0 bridgehead atoms. The molecule has 0 heterocycles. The Balaban J connectivity index is 2.54. The molecule has 0 fully saturated rings. The summed E-state index contributed by atoms with van der Waals surface area (Å²) in [5.41, 5.74) is 0.540. The summed E-state index contributed by atoms with van der Waals surface area (Å²) in [7, 11) is 0. The van der Waals surface area contributed by atoms with Gasteiger partial charge in [0.25, 0.3) is 0 Å². The average molecular weight is 202 g/mol. The predicted octanol–water partition coefficient (Wildman–Crippen LogP) is 1.82. The maximum Gasteiger partial charge on any atom is 0.312 e. The molecule has 0 aliphatic carbocycles. The van der Waals surface area contributed by atoms with Crippen molar-refractivity contribution in [1.82, 2.24) is 0 Å². The Morgan fingerprint density at radius 1 is 1.40 bits per heavy atom. The number of carbonyl (C=O) groups excluding carboxylic acids is 2. The Kier molecular flexibility index (Phi) is 4.11. The monoisotopic (exact) mass is 202 g/mol. The molecule has 0 spiro atoms. The van der Waals surface area contributed by atoms with Crippen LogP contribution >= 0.6 is 0 Å². The fraction of sp³-hybridized carbons (Fsp3) is 0.167. The molecule has 0 aromatic heterocycles. The largest absolute Gasteiger partial charge is 0.427 e. The summed E-state index contributed by atoms with van der Waals surface area (Å²) >= 11 is 0. The summed E-state index contributed by atoms with van der Waals surface area (Å²) in [6.07, 6.45) is 6.30. The fourth-order valence-corrected chi connectivity index (χ4v) is 0.971. The van der Waals surface area contributed by atoms with E-state index in [1.54, 1.807) is 24.3 Å². The summed E-state index contributed by atoms with van der Waals surface area (Å²) in [6, 6.07) is 6.29. The van der Waals surface area contributed by atoms with Crippen molar-refractivity contribution in [2.24, 2.45) is 0 Å². The highest BCUT2D eigenvalue weighted by Gasteiger charge is 2.03. The van der Waals surface area contributed by atoms with Crippen LogP contribution < -0.4 is 4.74 Å². The molecule has 0 saturated heterocycles. The van der Waals surface area contributed by atoms with Gasteiger partial charge in [0.2, 0.25) is 0 Å². The highest BCUT2D eigenvalue weighted by atomic mass is 16.5. The molecule has 76 valence electrons. The molecule has 0 atom stereocenters. The number of esters is 1. The minimum atomic E-state index is -0.369. The van der Waals surface area contributed by atoms with Crippen LogP contribution in [0.25, 0.3) is 0 Å². The summed E-state index contributed by atoms with van der Waals surface area (Å²) < 4.78 is 4.97. The van der Waals surface area contributed by atoms with Crippen LogP contribution in [0.3, 0.4) is 0 Å².